The molecule has 1 unspecified atom stereocenters. The first-order valence-electron chi connectivity index (χ1n) is 8.07. The minimum absolute atomic E-state index is 0.0996. The Kier molecular flexibility index (Phi) is 3.68. The Labute approximate surface area is 144 Å². The van der Waals surface area contributed by atoms with E-state index in [0.717, 1.165) is 12.1 Å². The number of para-hydroxylation sites is 1. The van der Waals surface area contributed by atoms with Gasteiger partial charge in [0.05, 0.1) is 0 Å². The summed E-state index contributed by atoms with van der Waals surface area (Å²) in [5, 5.41) is 15.0. The standard InChI is InChI=1S/C18H17N5O2/c1-11-9-13-5-3-4-6-15(13)23(11)18(24)14-7-8-16(21-20-14)19-17-10-12(2)25-22-17/h3-8,10-11H,9H2,1-2H3,(H,19,21,22). The van der Waals surface area contributed by atoms with Gasteiger partial charge in [0.15, 0.2) is 17.3 Å². The molecule has 0 bridgehead atoms. The van der Waals surface area contributed by atoms with E-state index in [1.165, 1.54) is 5.56 Å². The number of aryl methyl sites for hydroxylation is 1. The van der Waals surface area contributed by atoms with Crippen LogP contribution in [-0.2, 0) is 6.42 Å². The van der Waals surface area contributed by atoms with Crippen molar-refractivity contribution in [1.82, 2.24) is 15.4 Å². The molecule has 0 aliphatic carbocycles. The Bertz CT molecular complexity index is 919. The van der Waals surface area contributed by atoms with Crippen molar-refractivity contribution in [2.75, 3.05) is 10.2 Å². The summed E-state index contributed by atoms with van der Waals surface area (Å²) < 4.78 is 4.99. The van der Waals surface area contributed by atoms with Crippen LogP contribution in [0.5, 0.6) is 0 Å². The van der Waals surface area contributed by atoms with Crippen LogP contribution in [0.25, 0.3) is 0 Å². The normalized spacial score (nSPS) is 15.9. The highest BCUT2D eigenvalue weighted by Gasteiger charge is 2.31. The molecule has 1 aliphatic heterocycles. The number of benzene rings is 1. The smallest absolute Gasteiger partial charge is 0.279 e. The number of fused-ring (bicyclic) bond motifs is 1. The van der Waals surface area contributed by atoms with Crippen molar-refractivity contribution in [2.45, 2.75) is 26.3 Å². The number of rotatable bonds is 3. The number of nitrogens with zero attached hydrogens (tertiary/aromatic N) is 4. The zero-order valence-electron chi connectivity index (χ0n) is 13.9. The predicted octanol–water partition coefficient (Wildman–Crippen LogP) is 3.11. The van der Waals surface area contributed by atoms with E-state index in [4.69, 9.17) is 4.52 Å². The van der Waals surface area contributed by atoms with Gasteiger partial charge in [-0.3, -0.25) is 4.79 Å². The molecule has 0 saturated heterocycles. The largest absolute Gasteiger partial charge is 0.360 e. The molecule has 1 N–H and O–H groups in total. The van der Waals surface area contributed by atoms with Gasteiger partial charge >= 0.3 is 0 Å². The Morgan fingerprint density at radius 2 is 2.04 bits per heavy atom. The second-order valence-electron chi connectivity index (χ2n) is 6.11. The van der Waals surface area contributed by atoms with Gasteiger partial charge in [0, 0.05) is 17.8 Å². The fourth-order valence-corrected chi connectivity index (χ4v) is 3.07. The molecular weight excluding hydrogens is 318 g/mol. The lowest BCUT2D eigenvalue weighted by molar-refractivity contribution is 0.0975. The molecule has 1 aliphatic rings. The quantitative estimate of drug-likeness (QED) is 0.792. The number of amides is 1. The molecule has 1 aromatic carbocycles. The first-order valence-corrected chi connectivity index (χ1v) is 8.07. The van der Waals surface area contributed by atoms with Crippen molar-refractivity contribution in [2.24, 2.45) is 0 Å². The van der Waals surface area contributed by atoms with Crippen LogP contribution in [0, 0.1) is 6.92 Å². The van der Waals surface area contributed by atoms with Crippen LogP contribution in [-0.4, -0.2) is 27.3 Å². The molecule has 3 heterocycles. The molecule has 0 saturated carbocycles. The van der Waals surface area contributed by atoms with Crippen LogP contribution < -0.4 is 10.2 Å². The Balaban J connectivity index is 1.55. The summed E-state index contributed by atoms with van der Waals surface area (Å²) in [7, 11) is 0. The fourth-order valence-electron chi connectivity index (χ4n) is 3.07. The van der Waals surface area contributed by atoms with Crippen LogP contribution in [0.2, 0.25) is 0 Å². The van der Waals surface area contributed by atoms with Gasteiger partial charge in [-0.15, -0.1) is 10.2 Å². The highest BCUT2D eigenvalue weighted by molar-refractivity contribution is 6.06. The third-order valence-corrected chi connectivity index (χ3v) is 4.19. The van der Waals surface area contributed by atoms with Gasteiger partial charge in [-0.25, -0.2) is 0 Å². The highest BCUT2D eigenvalue weighted by Crippen LogP contribution is 2.32. The van der Waals surface area contributed by atoms with Crippen LogP contribution in [0.15, 0.2) is 47.0 Å². The maximum atomic E-state index is 12.9. The van der Waals surface area contributed by atoms with Crippen molar-refractivity contribution < 1.29 is 9.32 Å². The van der Waals surface area contributed by atoms with Crippen molar-refractivity contribution >= 4 is 23.2 Å². The first-order chi connectivity index (χ1) is 12.1. The number of hydrogen-bond acceptors (Lipinski definition) is 6. The van der Waals surface area contributed by atoms with Crippen molar-refractivity contribution in [3.8, 4) is 0 Å². The molecule has 3 aromatic rings. The van der Waals surface area contributed by atoms with E-state index in [1.54, 1.807) is 30.0 Å². The van der Waals surface area contributed by atoms with Crippen molar-refractivity contribution in [3.05, 3.63) is 59.5 Å². The van der Waals surface area contributed by atoms with E-state index >= 15 is 0 Å². The Morgan fingerprint density at radius 1 is 1.20 bits per heavy atom. The van der Waals surface area contributed by atoms with E-state index in [1.807, 2.05) is 25.1 Å². The molecule has 7 nitrogen and oxygen atoms in total. The Hall–Kier alpha value is -3.22. The summed E-state index contributed by atoms with van der Waals surface area (Å²) in [4.78, 5) is 14.7. The number of nitrogens with one attached hydrogen (secondary N) is 1. The number of aromatic nitrogens is 3. The summed E-state index contributed by atoms with van der Waals surface area (Å²) in [5.74, 6) is 1.60. The second-order valence-corrected chi connectivity index (χ2v) is 6.11. The average molecular weight is 335 g/mol. The van der Waals surface area contributed by atoms with Crippen LogP contribution in [0.4, 0.5) is 17.3 Å². The maximum Gasteiger partial charge on any atom is 0.279 e. The number of anilines is 3. The molecule has 126 valence electrons. The lowest BCUT2D eigenvalue weighted by Gasteiger charge is -2.22. The van der Waals surface area contributed by atoms with Gasteiger partial charge in [-0.1, -0.05) is 23.4 Å². The molecule has 4 rings (SSSR count). The maximum absolute atomic E-state index is 12.9. The topological polar surface area (TPSA) is 84.2 Å². The summed E-state index contributed by atoms with van der Waals surface area (Å²) in [6.07, 6.45) is 0.848. The van der Waals surface area contributed by atoms with Crippen molar-refractivity contribution in [3.63, 3.8) is 0 Å². The highest BCUT2D eigenvalue weighted by atomic mass is 16.5. The molecule has 2 aromatic heterocycles. The molecule has 0 fully saturated rings. The van der Waals surface area contributed by atoms with E-state index in [9.17, 15) is 4.79 Å². The van der Waals surface area contributed by atoms with Gasteiger partial charge in [0.1, 0.15) is 5.76 Å². The van der Waals surface area contributed by atoms with Gasteiger partial charge < -0.3 is 14.7 Å². The zero-order valence-corrected chi connectivity index (χ0v) is 13.9. The molecule has 25 heavy (non-hydrogen) atoms. The summed E-state index contributed by atoms with van der Waals surface area (Å²) in [6.45, 7) is 3.84. The molecule has 0 spiro atoms. The minimum Gasteiger partial charge on any atom is -0.360 e. The molecule has 1 atom stereocenters. The second kappa shape index (κ2) is 6.01. The number of carbonyl (C=O) groups excluding carboxylic acids is 1. The molecule has 0 radical (unpaired) electrons. The lowest BCUT2D eigenvalue weighted by atomic mass is 10.1. The lowest BCUT2D eigenvalue weighted by Crippen LogP contribution is -2.36. The van der Waals surface area contributed by atoms with Gasteiger partial charge in [0.25, 0.3) is 5.91 Å². The summed E-state index contributed by atoms with van der Waals surface area (Å²) >= 11 is 0. The van der Waals surface area contributed by atoms with Crippen LogP contribution in [0.1, 0.15) is 28.7 Å². The van der Waals surface area contributed by atoms with Gasteiger partial charge in [0.2, 0.25) is 0 Å². The van der Waals surface area contributed by atoms with Crippen molar-refractivity contribution in [1.29, 1.82) is 0 Å². The zero-order chi connectivity index (χ0) is 17.4. The monoisotopic (exact) mass is 335 g/mol. The van der Waals surface area contributed by atoms with Crippen LogP contribution >= 0.6 is 0 Å². The summed E-state index contributed by atoms with van der Waals surface area (Å²) in [5.41, 5.74) is 2.43. The average Bonchev–Trinajstić information content (AvgIpc) is 3.17. The molecular formula is C18H17N5O2. The van der Waals surface area contributed by atoms with E-state index in [-0.39, 0.29) is 11.9 Å². The van der Waals surface area contributed by atoms with E-state index in [0.29, 0.717) is 23.1 Å². The predicted molar refractivity (Wildman–Crippen MR) is 93.0 cm³/mol. The first kappa shape index (κ1) is 15.3. The van der Waals surface area contributed by atoms with E-state index < -0.39 is 0 Å². The number of carbonyl (C=O) groups is 1. The molecule has 7 heteroatoms. The fraction of sp³-hybridized carbons (Fsp3) is 0.222. The van der Waals surface area contributed by atoms with Crippen LogP contribution in [0.3, 0.4) is 0 Å². The summed E-state index contributed by atoms with van der Waals surface area (Å²) in [6, 6.07) is 13.2. The minimum atomic E-state index is -0.145. The Morgan fingerprint density at radius 3 is 2.76 bits per heavy atom. The molecule has 1 amide bonds. The van der Waals surface area contributed by atoms with Gasteiger partial charge in [-0.05, 0) is 44.0 Å². The van der Waals surface area contributed by atoms with Gasteiger partial charge in [-0.2, -0.15) is 0 Å². The third kappa shape index (κ3) is 2.84. The van der Waals surface area contributed by atoms with E-state index in [2.05, 4.69) is 26.7 Å². The third-order valence-electron chi connectivity index (χ3n) is 4.19. The number of hydrogen-bond donors (Lipinski definition) is 1. The SMILES string of the molecule is Cc1cc(Nc2ccc(C(=O)N3c4ccccc4CC3C)nn2)no1.